The number of rotatable bonds is 8. The first-order valence-electron chi connectivity index (χ1n) is 9.90. The third-order valence-corrected chi connectivity index (χ3v) is 6.60. The van der Waals surface area contributed by atoms with Crippen LogP contribution in [-0.2, 0) is 27.9 Å². The quantitative estimate of drug-likeness (QED) is 0.719. The second kappa shape index (κ2) is 9.52. The van der Waals surface area contributed by atoms with Crippen molar-refractivity contribution in [3.8, 4) is 0 Å². The van der Waals surface area contributed by atoms with E-state index in [1.165, 1.54) is 25.5 Å². The number of nitrogens with zero attached hydrogens (tertiary/aromatic N) is 2. The fourth-order valence-electron chi connectivity index (χ4n) is 3.60. The average Bonchev–Trinajstić information content (AvgIpc) is 3.21. The van der Waals surface area contributed by atoms with Crippen LogP contribution in [0.25, 0.3) is 0 Å². The minimum absolute atomic E-state index is 0.342. The van der Waals surface area contributed by atoms with Crippen molar-refractivity contribution in [1.82, 2.24) is 14.5 Å². The van der Waals surface area contributed by atoms with Crippen LogP contribution in [0.5, 0.6) is 0 Å². The number of sulfonamides is 1. The van der Waals surface area contributed by atoms with Gasteiger partial charge in [-0.25, -0.2) is 8.42 Å². The van der Waals surface area contributed by atoms with E-state index >= 15 is 0 Å². The van der Waals surface area contributed by atoms with Crippen molar-refractivity contribution in [2.24, 2.45) is 0 Å². The van der Waals surface area contributed by atoms with Crippen LogP contribution >= 0.6 is 0 Å². The van der Waals surface area contributed by atoms with Gasteiger partial charge < -0.3 is 5.32 Å². The average molecular weight is 416 g/mol. The van der Waals surface area contributed by atoms with E-state index in [0.29, 0.717) is 12.1 Å². The van der Waals surface area contributed by atoms with Gasteiger partial charge in [0, 0.05) is 20.1 Å². The van der Waals surface area contributed by atoms with Gasteiger partial charge in [0.15, 0.2) is 0 Å². The summed E-state index contributed by atoms with van der Waals surface area (Å²) in [5.74, 6) is -0.342. The summed E-state index contributed by atoms with van der Waals surface area (Å²) >= 11 is 0. The molecule has 1 atom stereocenters. The topological polar surface area (TPSA) is 69.7 Å². The van der Waals surface area contributed by atoms with E-state index in [-0.39, 0.29) is 5.91 Å². The molecule has 0 radical (unpaired) electrons. The molecule has 0 saturated carbocycles. The maximum absolute atomic E-state index is 12.9. The largest absolute Gasteiger partial charge is 0.350 e. The Kier molecular flexibility index (Phi) is 7.05. The van der Waals surface area contributed by atoms with Crippen LogP contribution < -0.4 is 5.32 Å². The van der Waals surface area contributed by atoms with E-state index in [0.717, 1.165) is 35.8 Å². The fraction of sp³-hybridized carbons (Fsp3) is 0.409. The molecule has 1 saturated heterocycles. The predicted molar refractivity (Wildman–Crippen MR) is 115 cm³/mol. The van der Waals surface area contributed by atoms with E-state index in [1.54, 1.807) is 24.3 Å². The fourth-order valence-corrected chi connectivity index (χ4v) is 4.20. The number of hydrogen-bond donors (Lipinski definition) is 1. The van der Waals surface area contributed by atoms with Gasteiger partial charge in [0.25, 0.3) is 0 Å². The minimum Gasteiger partial charge on any atom is -0.350 e. The van der Waals surface area contributed by atoms with Crippen molar-refractivity contribution in [1.29, 1.82) is 0 Å². The molecule has 0 aromatic heterocycles. The van der Waals surface area contributed by atoms with Crippen molar-refractivity contribution < 1.29 is 13.2 Å². The SMILES string of the molecule is CN(C(C(=O)NCc1ccc(CN2CCCC2)cc1)c1ccccc1)S(C)(=O)=O. The van der Waals surface area contributed by atoms with Gasteiger partial charge in [0.05, 0.1) is 6.26 Å². The van der Waals surface area contributed by atoms with Crippen molar-refractivity contribution in [2.45, 2.75) is 32.0 Å². The predicted octanol–water partition coefficient (Wildman–Crippen LogP) is 2.53. The number of nitrogens with one attached hydrogen (secondary N) is 1. The monoisotopic (exact) mass is 415 g/mol. The zero-order chi connectivity index (χ0) is 20.9. The number of carbonyl (C=O) groups excluding carboxylic acids is 1. The van der Waals surface area contributed by atoms with Crippen molar-refractivity contribution in [3.05, 3.63) is 71.3 Å². The van der Waals surface area contributed by atoms with Crippen LogP contribution in [0.2, 0.25) is 0 Å². The van der Waals surface area contributed by atoms with Gasteiger partial charge in [-0.1, -0.05) is 54.6 Å². The first kappa shape index (κ1) is 21.5. The molecule has 6 nitrogen and oxygen atoms in total. The Morgan fingerprint density at radius 1 is 1.03 bits per heavy atom. The molecule has 2 aromatic rings. The Bertz CT molecular complexity index is 908. The van der Waals surface area contributed by atoms with Crippen molar-refractivity contribution >= 4 is 15.9 Å². The summed E-state index contributed by atoms with van der Waals surface area (Å²) in [4.78, 5) is 15.3. The molecule has 2 aromatic carbocycles. The van der Waals surface area contributed by atoms with Gasteiger partial charge in [-0.15, -0.1) is 0 Å². The molecule has 1 aliphatic heterocycles. The van der Waals surface area contributed by atoms with Gasteiger partial charge in [-0.05, 0) is 42.6 Å². The third kappa shape index (κ3) is 5.88. The van der Waals surface area contributed by atoms with E-state index < -0.39 is 16.1 Å². The van der Waals surface area contributed by atoms with E-state index in [4.69, 9.17) is 0 Å². The highest BCUT2D eigenvalue weighted by atomic mass is 32.2. The number of benzene rings is 2. The molecular weight excluding hydrogens is 386 g/mol. The van der Waals surface area contributed by atoms with Gasteiger partial charge in [0.1, 0.15) is 6.04 Å². The molecule has 0 bridgehead atoms. The Morgan fingerprint density at radius 3 is 2.21 bits per heavy atom. The van der Waals surface area contributed by atoms with Crippen LogP contribution in [0.3, 0.4) is 0 Å². The summed E-state index contributed by atoms with van der Waals surface area (Å²) in [6, 6.07) is 16.3. The molecule has 1 heterocycles. The molecule has 1 N–H and O–H groups in total. The second-order valence-electron chi connectivity index (χ2n) is 7.61. The second-order valence-corrected chi connectivity index (χ2v) is 9.65. The summed E-state index contributed by atoms with van der Waals surface area (Å²) in [6.07, 6.45) is 3.65. The van der Waals surface area contributed by atoms with Gasteiger partial charge >= 0.3 is 0 Å². The van der Waals surface area contributed by atoms with Gasteiger partial charge in [-0.3, -0.25) is 9.69 Å². The number of carbonyl (C=O) groups is 1. The minimum atomic E-state index is -3.53. The molecule has 1 aliphatic rings. The van der Waals surface area contributed by atoms with Crippen molar-refractivity contribution in [3.63, 3.8) is 0 Å². The molecule has 7 heteroatoms. The lowest BCUT2D eigenvalue weighted by Gasteiger charge is -2.25. The van der Waals surface area contributed by atoms with Crippen LogP contribution in [0, 0.1) is 0 Å². The van der Waals surface area contributed by atoms with E-state index in [2.05, 4.69) is 22.3 Å². The first-order valence-corrected chi connectivity index (χ1v) is 11.8. The molecule has 1 unspecified atom stereocenters. The Morgan fingerprint density at radius 2 is 1.62 bits per heavy atom. The molecule has 29 heavy (non-hydrogen) atoms. The van der Waals surface area contributed by atoms with E-state index in [9.17, 15) is 13.2 Å². The van der Waals surface area contributed by atoms with Crippen LogP contribution in [0.1, 0.15) is 35.6 Å². The first-order chi connectivity index (χ1) is 13.8. The highest BCUT2D eigenvalue weighted by Crippen LogP contribution is 2.22. The summed E-state index contributed by atoms with van der Waals surface area (Å²) in [6.45, 7) is 3.63. The van der Waals surface area contributed by atoms with Crippen molar-refractivity contribution in [2.75, 3.05) is 26.4 Å². The number of amides is 1. The number of likely N-dealkylation sites (tertiary alicyclic amines) is 1. The lowest BCUT2D eigenvalue weighted by molar-refractivity contribution is -0.124. The summed E-state index contributed by atoms with van der Waals surface area (Å²) in [5, 5.41) is 2.89. The number of hydrogen-bond acceptors (Lipinski definition) is 4. The maximum Gasteiger partial charge on any atom is 0.243 e. The lowest BCUT2D eigenvalue weighted by atomic mass is 10.1. The molecule has 1 fully saturated rings. The van der Waals surface area contributed by atoms with Crippen LogP contribution in [0.15, 0.2) is 54.6 Å². The zero-order valence-corrected chi connectivity index (χ0v) is 17.9. The zero-order valence-electron chi connectivity index (χ0n) is 17.0. The normalized spacial score (nSPS) is 16.1. The Hall–Kier alpha value is -2.22. The Labute approximate surface area is 173 Å². The third-order valence-electron chi connectivity index (χ3n) is 5.34. The molecule has 156 valence electrons. The van der Waals surface area contributed by atoms with Gasteiger partial charge in [-0.2, -0.15) is 4.31 Å². The summed E-state index contributed by atoms with van der Waals surface area (Å²) < 4.78 is 25.2. The molecule has 0 spiro atoms. The van der Waals surface area contributed by atoms with Crippen LogP contribution in [-0.4, -0.2) is 49.9 Å². The lowest BCUT2D eigenvalue weighted by Crippen LogP contribution is -2.41. The number of likely N-dealkylation sites (N-methyl/N-ethyl adjacent to an activating group) is 1. The molecule has 0 aliphatic carbocycles. The highest BCUT2D eigenvalue weighted by Gasteiger charge is 2.30. The summed E-state index contributed by atoms with van der Waals surface area (Å²) in [5.41, 5.74) is 2.89. The maximum atomic E-state index is 12.9. The molecule has 1 amide bonds. The molecule has 3 rings (SSSR count). The summed E-state index contributed by atoms with van der Waals surface area (Å²) in [7, 11) is -2.10. The standard InChI is InChI=1S/C22H29N3O3S/c1-24(29(2,27)28)21(20-8-4-3-5-9-20)22(26)23-16-18-10-12-19(13-11-18)17-25-14-6-7-15-25/h3-5,8-13,21H,6-7,14-17H2,1-2H3,(H,23,26). The highest BCUT2D eigenvalue weighted by molar-refractivity contribution is 7.88. The smallest absolute Gasteiger partial charge is 0.243 e. The Balaban J connectivity index is 1.65. The van der Waals surface area contributed by atoms with E-state index in [1.807, 2.05) is 18.2 Å². The molecular formula is C22H29N3O3S. The van der Waals surface area contributed by atoms with Crippen LogP contribution in [0.4, 0.5) is 0 Å². The van der Waals surface area contributed by atoms with Gasteiger partial charge in [0.2, 0.25) is 15.9 Å².